The molecule has 1 rings (SSSR count). The molecule has 82 valence electrons. The highest BCUT2D eigenvalue weighted by molar-refractivity contribution is 5.76. The van der Waals surface area contributed by atoms with Gasteiger partial charge in [0.1, 0.15) is 6.04 Å². The van der Waals surface area contributed by atoms with Crippen molar-refractivity contribution < 1.29 is 9.53 Å². The predicted octanol–water partition coefficient (Wildman–Crippen LogP) is 1.55. The number of nitrogens with one attached hydrogen (secondary N) is 1. The molecule has 0 saturated carbocycles. The lowest BCUT2D eigenvalue weighted by Gasteiger charge is -2.21. The third kappa shape index (κ3) is 2.80. The van der Waals surface area contributed by atoms with Crippen LogP contribution in [0.25, 0.3) is 0 Å². The van der Waals surface area contributed by atoms with Gasteiger partial charge in [0, 0.05) is 5.92 Å². The Morgan fingerprint density at radius 2 is 1.93 bits per heavy atom. The zero-order valence-electron chi connectivity index (χ0n) is 9.36. The number of methoxy groups -OCH3 is 1. The van der Waals surface area contributed by atoms with E-state index in [9.17, 15) is 4.79 Å². The van der Waals surface area contributed by atoms with Gasteiger partial charge < -0.3 is 10.1 Å². The van der Waals surface area contributed by atoms with Crippen molar-refractivity contribution in [1.82, 2.24) is 5.32 Å². The van der Waals surface area contributed by atoms with Crippen LogP contribution in [0.5, 0.6) is 0 Å². The Morgan fingerprint density at radius 1 is 1.33 bits per heavy atom. The summed E-state index contributed by atoms with van der Waals surface area (Å²) in [6, 6.07) is 9.63. The van der Waals surface area contributed by atoms with E-state index in [4.69, 9.17) is 4.74 Å². The lowest BCUT2D eigenvalue weighted by atomic mass is 9.93. The lowest BCUT2D eigenvalue weighted by molar-refractivity contribution is -0.143. The first-order chi connectivity index (χ1) is 7.20. The summed E-state index contributed by atoms with van der Waals surface area (Å²) in [7, 11) is 3.17. The largest absolute Gasteiger partial charge is 0.468 e. The maximum atomic E-state index is 11.5. The number of esters is 1. The minimum absolute atomic E-state index is 0.101. The molecule has 0 heterocycles. The van der Waals surface area contributed by atoms with Crippen molar-refractivity contribution in [3.05, 3.63) is 35.9 Å². The van der Waals surface area contributed by atoms with E-state index in [1.807, 2.05) is 37.3 Å². The highest BCUT2D eigenvalue weighted by Crippen LogP contribution is 2.19. The van der Waals surface area contributed by atoms with Crippen LogP contribution in [-0.4, -0.2) is 26.2 Å². The van der Waals surface area contributed by atoms with Crippen LogP contribution in [0.1, 0.15) is 18.4 Å². The van der Waals surface area contributed by atoms with E-state index in [1.54, 1.807) is 7.05 Å². The Labute approximate surface area is 90.4 Å². The van der Waals surface area contributed by atoms with Gasteiger partial charge in [0.25, 0.3) is 0 Å². The minimum Gasteiger partial charge on any atom is -0.468 e. The standard InChI is InChI=1S/C12H17NO2/c1-9(10-7-5-4-6-8-10)11(13-2)12(14)15-3/h4-9,11,13H,1-3H3. The lowest BCUT2D eigenvalue weighted by Crippen LogP contribution is -2.39. The molecule has 0 aliphatic rings. The molecule has 3 nitrogen and oxygen atoms in total. The third-order valence-corrected chi connectivity index (χ3v) is 2.59. The van der Waals surface area contributed by atoms with Crippen molar-refractivity contribution in [3.63, 3.8) is 0 Å². The van der Waals surface area contributed by atoms with Crippen LogP contribution in [0.4, 0.5) is 0 Å². The molecule has 1 N–H and O–H groups in total. The number of carbonyl (C=O) groups is 1. The Hall–Kier alpha value is -1.35. The molecule has 0 amide bonds. The first kappa shape index (κ1) is 11.7. The van der Waals surface area contributed by atoms with Crippen LogP contribution < -0.4 is 5.32 Å². The zero-order valence-corrected chi connectivity index (χ0v) is 9.36. The first-order valence-corrected chi connectivity index (χ1v) is 5.00. The normalized spacial score (nSPS) is 14.3. The van der Waals surface area contributed by atoms with Gasteiger partial charge in [-0.2, -0.15) is 0 Å². The van der Waals surface area contributed by atoms with Crippen molar-refractivity contribution in [2.24, 2.45) is 0 Å². The minimum atomic E-state index is -0.294. The number of carbonyl (C=O) groups excluding carboxylic acids is 1. The van der Waals surface area contributed by atoms with Crippen LogP contribution in [-0.2, 0) is 9.53 Å². The topological polar surface area (TPSA) is 38.3 Å². The van der Waals surface area contributed by atoms with E-state index in [2.05, 4.69) is 5.32 Å². The maximum Gasteiger partial charge on any atom is 0.323 e. The van der Waals surface area contributed by atoms with Crippen molar-refractivity contribution in [1.29, 1.82) is 0 Å². The van der Waals surface area contributed by atoms with E-state index < -0.39 is 0 Å². The van der Waals surface area contributed by atoms with Crippen LogP contribution >= 0.6 is 0 Å². The molecule has 0 radical (unpaired) electrons. The van der Waals surface area contributed by atoms with Gasteiger partial charge in [0.2, 0.25) is 0 Å². The molecule has 0 aliphatic heterocycles. The summed E-state index contributed by atoms with van der Waals surface area (Å²) in [5.74, 6) is -0.127. The summed E-state index contributed by atoms with van der Waals surface area (Å²) >= 11 is 0. The molecule has 1 aromatic rings. The van der Waals surface area contributed by atoms with E-state index in [0.29, 0.717) is 0 Å². The number of benzene rings is 1. The SMILES string of the molecule is CNC(C(=O)OC)C(C)c1ccccc1. The van der Waals surface area contributed by atoms with Gasteiger partial charge in [0.15, 0.2) is 0 Å². The first-order valence-electron chi connectivity index (χ1n) is 5.00. The summed E-state index contributed by atoms with van der Waals surface area (Å²) in [4.78, 5) is 11.5. The Kier molecular flexibility index (Phi) is 4.31. The molecule has 0 saturated heterocycles. The molecule has 0 bridgehead atoms. The van der Waals surface area contributed by atoms with Crippen molar-refractivity contribution >= 4 is 5.97 Å². The van der Waals surface area contributed by atoms with Crippen LogP contribution in [0, 0.1) is 0 Å². The van der Waals surface area contributed by atoms with Gasteiger partial charge >= 0.3 is 5.97 Å². The second kappa shape index (κ2) is 5.51. The molecule has 0 aromatic heterocycles. The number of likely N-dealkylation sites (N-methyl/N-ethyl adjacent to an activating group) is 1. The van der Waals surface area contributed by atoms with Gasteiger partial charge in [-0.15, -0.1) is 0 Å². The van der Waals surface area contributed by atoms with Crippen LogP contribution in [0.2, 0.25) is 0 Å². The van der Waals surface area contributed by atoms with Crippen molar-refractivity contribution in [3.8, 4) is 0 Å². The summed E-state index contributed by atoms with van der Waals surface area (Å²) in [6.45, 7) is 2.01. The summed E-state index contributed by atoms with van der Waals surface area (Å²) in [6.07, 6.45) is 0. The average Bonchev–Trinajstić information content (AvgIpc) is 2.30. The fraction of sp³-hybridized carbons (Fsp3) is 0.417. The monoisotopic (exact) mass is 207 g/mol. The summed E-state index contributed by atoms with van der Waals surface area (Å²) in [5.41, 5.74) is 1.13. The fourth-order valence-electron chi connectivity index (χ4n) is 1.65. The van der Waals surface area contributed by atoms with Gasteiger partial charge in [0.05, 0.1) is 7.11 Å². The maximum absolute atomic E-state index is 11.5. The molecule has 15 heavy (non-hydrogen) atoms. The van der Waals surface area contributed by atoms with E-state index in [1.165, 1.54) is 7.11 Å². The molecule has 3 heteroatoms. The Bertz CT molecular complexity index is 311. The van der Waals surface area contributed by atoms with E-state index in [0.717, 1.165) is 5.56 Å². The number of hydrogen-bond acceptors (Lipinski definition) is 3. The average molecular weight is 207 g/mol. The second-order valence-corrected chi connectivity index (χ2v) is 3.49. The van der Waals surface area contributed by atoms with Crippen molar-refractivity contribution in [2.45, 2.75) is 18.9 Å². The van der Waals surface area contributed by atoms with Gasteiger partial charge in [-0.25, -0.2) is 0 Å². The number of ether oxygens (including phenoxy) is 1. The molecule has 0 aliphatic carbocycles. The molecule has 0 fully saturated rings. The Morgan fingerprint density at radius 3 is 2.40 bits per heavy atom. The molecule has 0 spiro atoms. The number of rotatable bonds is 4. The molecule has 2 unspecified atom stereocenters. The van der Waals surface area contributed by atoms with Gasteiger partial charge in [-0.1, -0.05) is 37.3 Å². The Balaban J connectivity index is 2.82. The zero-order chi connectivity index (χ0) is 11.3. The van der Waals surface area contributed by atoms with Crippen LogP contribution in [0.15, 0.2) is 30.3 Å². The fourth-order valence-corrected chi connectivity index (χ4v) is 1.65. The van der Waals surface area contributed by atoms with Gasteiger partial charge in [-0.05, 0) is 12.6 Å². The summed E-state index contributed by atoms with van der Waals surface area (Å²) in [5, 5.41) is 2.98. The quantitative estimate of drug-likeness (QED) is 0.761. The predicted molar refractivity (Wildman–Crippen MR) is 59.7 cm³/mol. The molecule has 1 aromatic carbocycles. The highest BCUT2D eigenvalue weighted by Gasteiger charge is 2.24. The molecule has 2 atom stereocenters. The van der Waals surface area contributed by atoms with Gasteiger partial charge in [-0.3, -0.25) is 4.79 Å². The smallest absolute Gasteiger partial charge is 0.323 e. The highest BCUT2D eigenvalue weighted by atomic mass is 16.5. The van der Waals surface area contributed by atoms with E-state index >= 15 is 0 Å². The summed E-state index contributed by atoms with van der Waals surface area (Å²) < 4.78 is 4.74. The van der Waals surface area contributed by atoms with Crippen LogP contribution in [0.3, 0.4) is 0 Å². The second-order valence-electron chi connectivity index (χ2n) is 3.49. The third-order valence-electron chi connectivity index (χ3n) is 2.59. The molecular formula is C12H17NO2. The van der Waals surface area contributed by atoms with Crippen molar-refractivity contribution in [2.75, 3.05) is 14.2 Å². The van der Waals surface area contributed by atoms with E-state index in [-0.39, 0.29) is 17.9 Å². The molecular weight excluding hydrogens is 190 g/mol. The number of hydrogen-bond donors (Lipinski definition) is 1.